The third-order valence-electron chi connectivity index (χ3n) is 17.6. The predicted molar refractivity (Wildman–Crippen MR) is 347 cm³/mol. The van der Waals surface area contributed by atoms with Crippen LogP contribution in [0.3, 0.4) is 0 Å². The fourth-order valence-corrected chi connectivity index (χ4v) is 15.6. The van der Waals surface area contributed by atoms with Crippen LogP contribution in [0.1, 0.15) is 11.1 Å². The van der Waals surface area contributed by atoms with Crippen molar-refractivity contribution in [2.24, 2.45) is 0 Å². The molecule has 0 aliphatic heterocycles. The molecule has 13 aromatic carbocycles. The summed E-state index contributed by atoms with van der Waals surface area (Å²) in [6.45, 7) is 0. The standard InChI is InChI=1S/C76H42N6S/c77-43-59-71(79-61-31-10-3-22-48(61)49-23-4-11-32-62(49)79)72(80-63-33-12-5-24-50(63)51-25-6-13-34-64(51)80)60(44-78)74(73(59)81-65-35-14-7-26-52(65)53-27-8-15-36-66(53)81)82-67-37-18-30-56(55-29-17-20-46-40-39-45-19-1-2-21-47(45)69(46)55)70(67)58-42-41-57-54-28-9-16-38-68(54)83-76(57)75(58)82/h1-42H. The van der Waals surface area contributed by atoms with Crippen LogP contribution in [0.25, 0.3) is 163 Å². The maximum absolute atomic E-state index is 13.0. The lowest BCUT2D eigenvalue weighted by Gasteiger charge is -2.27. The lowest BCUT2D eigenvalue weighted by molar-refractivity contribution is 1.03. The highest BCUT2D eigenvalue weighted by Crippen LogP contribution is 2.52. The number of benzene rings is 13. The molecule has 18 aromatic rings. The molecule has 0 radical (unpaired) electrons. The quantitative estimate of drug-likeness (QED) is 0.161. The highest BCUT2D eigenvalue weighted by molar-refractivity contribution is 7.26. The summed E-state index contributed by atoms with van der Waals surface area (Å²) in [5.74, 6) is 0. The molecule has 0 aliphatic carbocycles. The van der Waals surface area contributed by atoms with Crippen LogP contribution in [0, 0.1) is 22.7 Å². The van der Waals surface area contributed by atoms with Crippen molar-refractivity contribution in [1.82, 2.24) is 18.3 Å². The van der Waals surface area contributed by atoms with E-state index in [0.29, 0.717) is 33.9 Å². The molecule has 0 unspecified atom stereocenters. The van der Waals surface area contributed by atoms with E-state index in [-0.39, 0.29) is 0 Å². The lowest BCUT2D eigenvalue weighted by Crippen LogP contribution is -2.16. The molecule has 7 heteroatoms. The van der Waals surface area contributed by atoms with Gasteiger partial charge in [-0.1, -0.05) is 206 Å². The monoisotopic (exact) mass is 1070 g/mol. The van der Waals surface area contributed by atoms with Gasteiger partial charge >= 0.3 is 0 Å². The molecule has 18 rings (SSSR count). The summed E-state index contributed by atoms with van der Waals surface area (Å²) in [6.07, 6.45) is 0. The van der Waals surface area contributed by atoms with Gasteiger partial charge in [0, 0.05) is 58.6 Å². The number of fused-ring (bicyclic) bond motifs is 19. The molecule has 0 aliphatic rings. The first-order chi connectivity index (χ1) is 41.2. The molecule has 0 bridgehead atoms. The smallest absolute Gasteiger partial charge is 0.104 e. The van der Waals surface area contributed by atoms with Gasteiger partial charge in [0.2, 0.25) is 0 Å². The number of aromatic nitrogens is 4. The van der Waals surface area contributed by atoms with Crippen LogP contribution in [0.5, 0.6) is 0 Å². The Labute approximate surface area is 478 Å². The summed E-state index contributed by atoms with van der Waals surface area (Å²) in [5, 5.41) is 41.3. The van der Waals surface area contributed by atoms with E-state index in [1.807, 2.05) is 0 Å². The van der Waals surface area contributed by atoms with Gasteiger partial charge in [0.15, 0.2) is 0 Å². The van der Waals surface area contributed by atoms with Gasteiger partial charge in [0.25, 0.3) is 0 Å². The molecule has 0 N–H and O–H groups in total. The Bertz CT molecular complexity index is 5820. The van der Waals surface area contributed by atoms with E-state index in [4.69, 9.17) is 0 Å². The normalized spacial score (nSPS) is 12.1. The molecular formula is C76H42N6S. The zero-order valence-electron chi connectivity index (χ0n) is 44.3. The van der Waals surface area contributed by atoms with E-state index in [1.54, 1.807) is 11.3 Å². The Morgan fingerprint density at radius 3 is 1.12 bits per heavy atom. The van der Waals surface area contributed by atoms with Crippen molar-refractivity contribution in [2.75, 3.05) is 0 Å². The fraction of sp³-hybridized carbons (Fsp3) is 0. The zero-order valence-corrected chi connectivity index (χ0v) is 45.2. The summed E-state index contributed by atoms with van der Waals surface area (Å²) in [5.41, 5.74) is 12.9. The number of nitriles is 2. The van der Waals surface area contributed by atoms with Crippen LogP contribution in [0.4, 0.5) is 0 Å². The summed E-state index contributed by atoms with van der Waals surface area (Å²) in [7, 11) is 0. The van der Waals surface area contributed by atoms with Gasteiger partial charge in [-0.25, -0.2) is 0 Å². The highest BCUT2D eigenvalue weighted by Gasteiger charge is 2.35. The third kappa shape index (κ3) is 6.07. The van der Waals surface area contributed by atoms with Gasteiger partial charge in [-0.2, -0.15) is 10.5 Å². The van der Waals surface area contributed by atoms with Crippen molar-refractivity contribution in [2.45, 2.75) is 0 Å². The maximum Gasteiger partial charge on any atom is 0.104 e. The molecule has 5 heterocycles. The Balaban J connectivity index is 1.15. The van der Waals surface area contributed by atoms with Crippen molar-refractivity contribution in [1.29, 1.82) is 10.5 Å². The van der Waals surface area contributed by atoms with Crippen molar-refractivity contribution >= 4 is 140 Å². The van der Waals surface area contributed by atoms with Crippen molar-refractivity contribution in [3.8, 4) is 46.0 Å². The molecule has 0 fully saturated rings. The minimum atomic E-state index is 0.419. The molecule has 0 amide bonds. The molecule has 5 aromatic heterocycles. The van der Waals surface area contributed by atoms with E-state index < -0.39 is 0 Å². The predicted octanol–water partition coefficient (Wildman–Crippen LogP) is 20.2. The largest absolute Gasteiger partial charge is 0.306 e. The Hall–Kier alpha value is -11.2. The minimum absolute atomic E-state index is 0.419. The van der Waals surface area contributed by atoms with Gasteiger partial charge in [0.1, 0.15) is 23.3 Å². The number of thiophene rings is 1. The number of rotatable bonds is 5. The first-order valence-corrected chi connectivity index (χ1v) is 28.8. The van der Waals surface area contributed by atoms with Crippen LogP contribution in [0.2, 0.25) is 0 Å². The van der Waals surface area contributed by atoms with E-state index >= 15 is 0 Å². The van der Waals surface area contributed by atoms with E-state index in [9.17, 15) is 10.5 Å². The maximum atomic E-state index is 13.0. The Morgan fingerprint density at radius 1 is 0.265 bits per heavy atom. The zero-order chi connectivity index (χ0) is 54.6. The Kier molecular flexibility index (Phi) is 9.42. The van der Waals surface area contributed by atoms with Crippen molar-refractivity contribution in [3.63, 3.8) is 0 Å². The van der Waals surface area contributed by atoms with E-state index in [0.717, 1.165) is 114 Å². The molecule has 0 atom stereocenters. The first-order valence-electron chi connectivity index (χ1n) is 28.0. The molecule has 6 nitrogen and oxygen atoms in total. The van der Waals surface area contributed by atoms with Gasteiger partial charge in [0.05, 0.1) is 71.6 Å². The SMILES string of the molecule is N#Cc1c(-n2c3ccccc3c3ccccc32)c(-n2c3ccccc3c3ccccc32)c(C#N)c(-n2c3cccc(-c4cccc5ccc6ccccc6c45)c3c3ccc4c5ccccc5sc4c32)c1-n1c2ccccc2c2ccccc21. The van der Waals surface area contributed by atoms with Crippen LogP contribution < -0.4 is 0 Å². The van der Waals surface area contributed by atoms with Crippen molar-refractivity contribution in [3.05, 3.63) is 266 Å². The van der Waals surface area contributed by atoms with E-state index in [2.05, 4.69) is 285 Å². The lowest BCUT2D eigenvalue weighted by atomic mass is 9.91. The molecule has 83 heavy (non-hydrogen) atoms. The summed E-state index contributed by atoms with van der Waals surface area (Å²) >= 11 is 1.78. The summed E-state index contributed by atoms with van der Waals surface area (Å²) < 4.78 is 11.5. The van der Waals surface area contributed by atoms with Gasteiger partial charge in [-0.3, -0.25) is 0 Å². The number of hydrogen-bond acceptors (Lipinski definition) is 3. The number of hydrogen-bond donors (Lipinski definition) is 0. The topological polar surface area (TPSA) is 67.3 Å². The number of para-hydroxylation sites is 6. The van der Waals surface area contributed by atoms with Gasteiger partial charge in [-0.05, 0) is 81.2 Å². The summed E-state index contributed by atoms with van der Waals surface area (Å²) in [4.78, 5) is 0. The first kappa shape index (κ1) is 45.6. The second-order valence-electron chi connectivity index (χ2n) is 21.6. The average molecular weight is 1070 g/mol. The van der Waals surface area contributed by atoms with Crippen LogP contribution in [-0.2, 0) is 0 Å². The summed E-state index contributed by atoms with van der Waals surface area (Å²) in [6, 6.07) is 96.7. The molecule has 0 saturated carbocycles. The molecule has 382 valence electrons. The molecular weight excluding hydrogens is 1030 g/mol. The minimum Gasteiger partial charge on any atom is -0.306 e. The molecule has 0 saturated heterocycles. The Morgan fingerprint density at radius 2 is 0.627 bits per heavy atom. The fourth-order valence-electron chi connectivity index (χ4n) is 14.3. The van der Waals surface area contributed by atoms with Crippen LogP contribution in [-0.4, -0.2) is 18.3 Å². The highest BCUT2D eigenvalue weighted by atomic mass is 32.1. The molecule has 0 spiro atoms. The number of nitrogens with zero attached hydrogens (tertiary/aromatic N) is 6. The van der Waals surface area contributed by atoms with Crippen molar-refractivity contribution < 1.29 is 0 Å². The van der Waals surface area contributed by atoms with Crippen LogP contribution >= 0.6 is 11.3 Å². The second kappa shape index (κ2) is 17.1. The van der Waals surface area contributed by atoms with Gasteiger partial charge in [-0.15, -0.1) is 11.3 Å². The average Bonchev–Trinajstić information content (AvgIpc) is 2.12. The van der Waals surface area contributed by atoms with E-state index in [1.165, 1.54) is 26.2 Å². The van der Waals surface area contributed by atoms with Gasteiger partial charge < -0.3 is 18.3 Å². The van der Waals surface area contributed by atoms with Crippen LogP contribution in [0.15, 0.2) is 255 Å². The third-order valence-corrected chi connectivity index (χ3v) is 18.8. The second-order valence-corrected chi connectivity index (χ2v) is 22.7.